The van der Waals surface area contributed by atoms with Gasteiger partial charge in [-0.25, -0.2) is 4.98 Å². The maximum absolute atomic E-state index is 12.4. The molecule has 28 heavy (non-hydrogen) atoms. The molecule has 3 heterocycles. The number of aromatic nitrogens is 4. The molecule has 1 fully saturated rings. The molecule has 8 nitrogen and oxygen atoms in total. The van der Waals surface area contributed by atoms with Crippen LogP contribution in [-0.4, -0.2) is 63.3 Å². The van der Waals surface area contributed by atoms with Crippen molar-refractivity contribution in [3.63, 3.8) is 0 Å². The van der Waals surface area contributed by atoms with Crippen LogP contribution in [0, 0.1) is 6.92 Å². The zero-order chi connectivity index (χ0) is 19.3. The molecular formula is C20H22N6O2. The van der Waals surface area contributed by atoms with E-state index in [9.17, 15) is 4.79 Å². The topological polar surface area (TPSA) is 76.4 Å². The Hall–Kier alpha value is -3.42. The maximum atomic E-state index is 12.4. The minimum absolute atomic E-state index is 0.00163. The lowest BCUT2D eigenvalue weighted by Gasteiger charge is -2.35. The lowest BCUT2D eigenvalue weighted by molar-refractivity contribution is -0.133. The van der Waals surface area contributed by atoms with Crippen LogP contribution in [0.1, 0.15) is 5.56 Å². The van der Waals surface area contributed by atoms with Crippen LogP contribution in [0.25, 0.3) is 5.82 Å². The molecule has 1 aliphatic heterocycles. The summed E-state index contributed by atoms with van der Waals surface area (Å²) in [7, 11) is 0. The number of benzene rings is 1. The second kappa shape index (κ2) is 8.08. The maximum Gasteiger partial charge on any atom is 0.260 e. The molecule has 0 atom stereocenters. The van der Waals surface area contributed by atoms with E-state index in [0.717, 1.165) is 30.3 Å². The van der Waals surface area contributed by atoms with Crippen LogP contribution < -0.4 is 9.64 Å². The zero-order valence-electron chi connectivity index (χ0n) is 15.7. The predicted octanol–water partition coefficient (Wildman–Crippen LogP) is 1.70. The smallest absolute Gasteiger partial charge is 0.260 e. The first-order valence-corrected chi connectivity index (χ1v) is 9.23. The first-order chi connectivity index (χ1) is 13.7. The van der Waals surface area contributed by atoms with Gasteiger partial charge in [0.25, 0.3) is 5.91 Å². The largest absolute Gasteiger partial charge is 0.484 e. The van der Waals surface area contributed by atoms with Crippen LogP contribution in [0.5, 0.6) is 5.75 Å². The summed E-state index contributed by atoms with van der Waals surface area (Å²) >= 11 is 0. The van der Waals surface area contributed by atoms with Crippen LogP contribution in [-0.2, 0) is 4.79 Å². The lowest BCUT2D eigenvalue weighted by Crippen LogP contribution is -2.50. The molecule has 0 aliphatic carbocycles. The minimum atomic E-state index is 0.00163. The van der Waals surface area contributed by atoms with Gasteiger partial charge in [-0.3, -0.25) is 9.36 Å². The molecule has 0 N–H and O–H groups in total. The summed E-state index contributed by atoms with van der Waals surface area (Å²) < 4.78 is 7.41. The molecular weight excluding hydrogens is 356 g/mol. The van der Waals surface area contributed by atoms with Gasteiger partial charge in [-0.05, 0) is 31.2 Å². The molecule has 2 aromatic heterocycles. The van der Waals surface area contributed by atoms with E-state index in [1.54, 1.807) is 17.1 Å². The number of imidazole rings is 1. The average molecular weight is 378 g/mol. The summed E-state index contributed by atoms with van der Waals surface area (Å²) in [5, 5.41) is 8.56. The van der Waals surface area contributed by atoms with Crippen LogP contribution in [0.3, 0.4) is 0 Å². The fourth-order valence-electron chi connectivity index (χ4n) is 3.07. The fraction of sp³-hybridized carbons (Fsp3) is 0.300. The first kappa shape index (κ1) is 18.0. The Morgan fingerprint density at radius 1 is 1.00 bits per heavy atom. The Kier molecular flexibility index (Phi) is 5.18. The van der Waals surface area contributed by atoms with Gasteiger partial charge in [0.15, 0.2) is 18.2 Å². The Labute approximate surface area is 163 Å². The third-order valence-electron chi connectivity index (χ3n) is 4.74. The van der Waals surface area contributed by atoms with Crippen molar-refractivity contribution in [3.05, 3.63) is 60.7 Å². The van der Waals surface area contributed by atoms with E-state index < -0.39 is 0 Å². The normalized spacial score (nSPS) is 14.2. The number of hydrogen-bond donors (Lipinski definition) is 0. The quantitative estimate of drug-likeness (QED) is 0.673. The molecule has 0 unspecified atom stereocenters. The van der Waals surface area contributed by atoms with Crippen LogP contribution in [0.2, 0.25) is 0 Å². The van der Waals surface area contributed by atoms with Crippen LogP contribution in [0.4, 0.5) is 5.82 Å². The number of ether oxygens (including phenoxy) is 1. The highest BCUT2D eigenvalue weighted by molar-refractivity contribution is 5.78. The molecule has 1 amide bonds. The minimum Gasteiger partial charge on any atom is -0.484 e. The SMILES string of the molecule is Cc1ccc(OCC(=O)N2CCN(c3ccc(-n4ccnc4)nn3)CC2)cc1. The van der Waals surface area contributed by atoms with Crippen molar-refractivity contribution in [3.8, 4) is 11.6 Å². The number of rotatable bonds is 5. The first-order valence-electron chi connectivity index (χ1n) is 9.23. The van der Waals surface area contributed by atoms with Gasteiger partial charge in [0.05, 0.1) is 0 Å². The summed E-state index contributed by atoms with van der Waals surface area (Å²) in [4.78, 5) is 20.4. The van der Waals surface area contributed by atoms with E-state index in [4.69, 9.17) is 4.74 Å². The molecule has 144 valence electrons. The molecule has 1 aliphatic rings. The molecule has 0 spiro atoms. The number of anilines is 1. The Morgan fingerprint density at radius 3 is 2.36 bits per heavy atom. The number of carbonyl (C=O) groups excluding carboxylic acids is 1. The van der Waals surface area contributed by atoms with Gasteiger partial charge in [-0.2, -0.15) is 0 Å². The third kappa shape index (κ3) is 4.11. The second-order valence-corrected chi connectivity index (χ2v) is 6.69. The molecule has 1 aromatic carbocycles. The Balaban J connectivity index is 1.28. The predicted molar refractivity (Wildman–Crippen MR) is 105 cm³/mol. The van der Waals surface area contributed by atoms with Crippen molar-refractivity contribution in [2.45, 2.75) is 6.92 Å². The molecule has 0 bridgehead atoms. The standard InChI is InChI=1S/C20H22N6O2/c1-16-2-4-17(5-3-16)28-14-20(27)25-12-10-24(11-13-25)18-6-7-19(23-22-18)26-9-8-21-15-26/h2-9,15H,10-14H2,1H3. The van der Waals surface area contributed by atoms with Crippen LogP contribution >= 0.6 is 0 Å². The highest BCUT2D eigenvalue weighted by atomic mass is 16.5. The average Bonchev–Trinajstić information content (AvgIpc) is 3.28. The molecule has 3 aromatic rings. The number of aryl methyl sites for hydroxylation is 1. The van der Waals surface area contributed by atoms with Crippen molar-refractivity contribution in [1.82, 2.24) is 24.6 Å². The van der Waals surface area contributed by atoms with Gasteiger partial charge in [0, 0.05) is 38.6 Å². The summed E-state index contributed by atoms with van der Waals surface area (Å²) in [5.41, 5.74) is 1.16. The third-order valence-corrected chi connectivity index (χ3v) is 4.74. The molecule has 8 heteroatoms. The van der Waals surface area contributed by atoms with Gasteiger partial charge in [-0.1, -0.05) is 17.7 Å². The van der Waals surface area contributed by atoms with Crippen molar-refractivity contribution in [2.24, 2.45) is 0 Å². The molecule has 4 rings (SSSR count). The summed E-state index contributed by atoms with van der Waals surface area (Å²) in [6.07, 6.45) is 5.22. The van der Waals surface area contributed by atoms with E-state index in [2.05, 4.69) is 20.1 Å². The molecule has 0 saturated carbocycles. The van der Waals surface area contributed by atoms with E-state index in [0.29, 0.717) is 18.8 Å². The number of nitrogens with zero attached hydrogens (tertiary/aromatic N) is 6. The Bertz CT molecular complexity index is 901. The van der Waals surface area contributed by atoms with E-state index in [1.807, 2.05) is 54.4 Å². The highest BCUT2D eigenvalue weighted by Gasteiger charge is 2.22. The fourth-order valence-corrected chi connectivity index (χ4v) is 3.07. The number of piperazine rings is 1. The second-order valence-electron chi connectivity index (χ2n) is 6.69. The zero-order valence-corrected chi connectivity index (χ0v) is 15.7. The van der Waals surface area contributed by atoms with E-state index in [-0.39, 0.29) is 12.5 Å². The monoisotopic (exact) mass is 378 g/mol. The van der Waals surface area contributed by atoms with Gasteiger partial charge in [0.1, 0.15) is 12.1 Å². The lowest BCUT2D eigenvalue weighted by atomic mass is 10.2. The van der Waals surface area contributed by atoms with Crippen molar-refractivity contribution in [2.75, 3.05) is 37.7 Å². The molecule has 1 saturated heterocycles. The van der Waals surface area contributed by atoms with Crippen molar-refractivity contribution >= 4 is 11.7 Å². The van der Waals surface area contributed by atoms with Gasteiger partial charge in [-0.15, -0.1) is 10.2 Å². The number of hydrogen-bond acceptors (Lipinski definition) is 6. The Morgan fingerprint density at radius 2 is 1.71 bits per heavy atom. The van der Waals surface area contributed by atoms with Gasteiger partial charge < -0.3 is 14.5 Å². The van der Waals surface area contributed by atoms with Crippen molar-refractivity contribution < 1.29 is 9.53 Å². The van der Waals surface area contributed by atoms with Crippen LogP contribution in [0.15, 0.2) is 55.1 Å². The van der Waals surface area contributed by atoms with Crippen molar-refractivity contribution in [1.29, 1.82) is 0 Å². The summed E-state index contributed by atoms with van der Waals surface area (Å²) in [5.74, 6) is 2.25. The van der Waals surface area contributed by atoms with Gasteiger partial charge in [0.2, 0.25) is 0 Å². The van der Waals surface area contributed by atoms with Gasteiger partial charge >= 0.3 is 0 Å². The summed E-state index contributed by atoms with van der Waals surface area (Å²) in [6, 6.07) is 11.6. The molecule has 0 radical (unpaired) electrons. The summed E-state index contributed by atoms with van der Waals surface area (Å²) in [6.45, 7) is 4.79. The number of carbonyl (C=O) groups is 1. The number of amides is 1. The van der Waals surface area contributed by atoms with E-state index >= 15 is 0 Å². The van der Waals surface area contributed by atoms with E-state index in [1.165, 1.54) is 0 Å². The highest BCUT2D eigenvalue weighted by Crippen LogP contribution is 2.15.